The van der Waals surface area contributed by atoms with Crippen LogP contribution in [0.25, 0.3) is 0 Å². The molecule has 92 valence electrons. The Morgan fingerprint density at radius 3 is 2.69 bits per heavy atom. The summed E-state index contributed by atoms with van der Waals surface area (Å²) in [5, 5.41) is 2.60. The van der Waals surface area contributed by atoms with Crippen molar-refractivity contribution in [2.75, 3.05) is 18.6 Å². The molecule has 0 saturated carbocycles. The van der Waals surface area contributed by atoms with E-state index in [0.29, 0.717) is 19.4 Å². The lowest BCUT2D eigenvalue weighted by Gasteiger charge is -2.10. The first-order chi connectivity index (χ1) is 7.37. The molecule has 0 fully saturated rings. The number of carbonyl (C=O) groups excluding carboxylic acids is 1. The second-order valence-electron chi connectivity index (χ2n) is 3.62. The van der Waals surface area contributed by atoms with Crippen LogP contribution in [0.2, 0.25) is 0 Å². The van der Waals surface area contributed by atoms with Gasteiger partial charge < -0.3 is 11.1 Å². The Morgan fingerprint density at radius 1 is 1.56 bits per heavy atom. The van der Waals surface area contributed by atoms with Gasteiger partial charge in [-0.3, -0.25) is 4.79 Å². The molecule has 0 spiro atoms. The molecular weight excluding hydrogens is 228 g/mol. The van der Waals surface area contributed by atoms with Gasteiger partial charge in [-0.05, 0) is 12.8 Å². The summed E-state index contributed by atoms with van der Waals surface area (Å²) in [6.45, 7) is 0.468. The number of nitrogens with one attached hydrogen (secondary N) is 1. The van der Waals surface area contributed by atoms with E-state index in [1.54, 1.807) is 0 Å². The molecule has 0 radical (unpaired) electrons. The van der Waals surface area contributed by atoms with Gasteiger partial charge in [0.1, 0.15) is 9.84 Å². The van der Waals surface area contributed by atoms with E-state index in [1.807, 2.05) is 0 Å². The summed E-state index contributed by atoms with van der Waals surface area (Å²) in [6.07, 6.45) is 7.59. The summed E-state index contributed by atoms with van der Waals surface area (Å²) in [7, 11) is -3.07. The average Bonchev–Trinajstić information content (AvgIpc) is 2.19. The summed E-state index contributed by atoms with van der Waals surface area (Å²) in [5.74, 6) is 2.04. The lowest BCUT2D eigenvalue weighted by molar-refractivity contribution is -0.122. The van der Waals surface area contributed by atoms with Crippen molar-refractivity contribution in [3.05, 3.63) is 0 Å². The standard InChI is InChI=1S/C10H18N2O3S/c1-3-4-5-7-12-10(13)9(11)6-8-16(2,14)15/h1,9H,4-8,11H2,2H3,(H,12,13). The zero-order valence-electron chi connectivity index (χ0n) is 9.40. The van der Waals surface area contributed by atoms with E-state index in [2.05, 4.69) is 11.2 Å². The van der Waals surface area contributed by atoms with E-state index in [1.165, 1.54) is 0 Å². The molecule has 0 saturated heterocycles. The number of hydrogen-bond donors (Lipinski definition) is 2. The van der Waals surface area contributed by atoms with Gasteiger partial charge in [-0.15, -0.1) is 12.3 Å². The molecule has 0 rings (SSSR count). The number of unbranched alkanes of at least 4 members (excludes halogenated alkanes) is 1. The predicted molar refractivity (Wildman–Crippen MR) is 63.4 cm³/mol. The first kappa shape index (κ1) is 14.9. The van der Waals surface area contributed by atoms with Gasteiger partial charge in [0.2, 0.25) is 5.91 Å². The molecule has 0 aromatic carbocycles. The van der Waals surface area contributed by atoms with Gasteiger partial charge in [0, 0.05) is 19.2 Å². The third-order valence-corrected chi connectivity index (χ3v) is 2.91. The van der Waals surface area contributed by atoms with Crippen LogP contribution >= 0.6 is 0 Å². The highest BCUT2D eigenvalue weighted by Crippen LogP contribution is 1.94. The summed E-state index contributed by atoms with van der Waals surface area (Å²) in [4.78, 5) is 11.3. The van der Waals surface area contributed by atoms with Crippen molar-refractivity contribution >= 4 is 15.7 Å². The fourth-order valence-electron chi connectivity index (χ4n) is 1.01. The van der Waals surface area contributed by atoms with Gasteiger partial charge in [0.05, 0.1) is 11.8 Å². The second-order valence-corrected chi connectivity index (χ2v) is 5.88. The van der Waals surface area contributed by atoms with Gasteiger partial charge >= 0.3 is 0 Å². The molecule has 1 amide bonds. The maximum atomic E-state index is 11.3. The molecule has 0 aliphatic rings. The van der Waals surface area contributed by atoms with Gasteiger partial charge in [-0.25, -0.2) is 8.42 Å². The maximum Gasteiger partial charge on any atom is 0.236 e. The van der Waals surface area contributed by atoms with Crippen LogP contribution in [0.3, 0.4) is 0 Å². The van der Waals surface area contributed by atoms with Crippen LogP contribution in [0.5, 0.6) is 0 Å². The fraction of sp³-hybridized carbons (Fsp3) is 0.700. The highest BCUT2D eigenvalue weighted by molar-refractivity contribution is 7.90. The number of terminal acetylenes is 1. The molecule has 0 bridgehead atoms. The molecule has 0 aliphatic heterocycles. The highest BCUT2D eigenvalue weighted by Gasteiger charge is 2.15. The number of rotatable bonds is 7. The topological polar surface area (TPSA) is 89.3 Å². The molecule has 0 aromatic heterocycles. The number of nitrogens with two attached hydrogens (primary N) is 1. The van der Waals surface area contributed by atoms with Crippen LogP contribution in [0.4, 0.5) is 0 Å². The largest absolute Gasteiger partial charge is 0.355 e. The van der Waals surface area contributed by atoms with Crippen LogP contribution < -0.4 is 11.1 Å². The first-order valence-electron chi connectivity index (χ1n) is 5.01. The van der Waals surface area contributed by atoms with Crippen molar-refractivity contribution in [1.29, 1.82) is 0 Å². The van der Waals surface area contributed by atoms with Crippen molar-refractivity contribution in [3.8, 4) is 12.3 Å². The van der Waals surface area contributed by atoms with Crippen LogP contribution in [-0.4, -0.2) is 38.9 Å². The molecular formula is C10H18N2O3S. The SMILES string of the molecule is C#CCCCNC(=O)C(N)CCS(C)(=O)=O. The molecule has 1 atom stereocenters. The van der Waals surface area contributed by atoms with Crippen LogP contribution in [-0.2, 0) is 14.6 Å². The summed E-state index contributed by atoms with van der Waals surface area (Å²) >= 11 is 0. The van der Waals surface area contributed by atoms with Crippen molar-refractivity contribution < 1.29 is 13.2 Å². The first-order valence-corrected chi connectivity index (χ1v) is 7.07. The number of sulfone groups is 1. The van der Waals surface area contributed by atoms with Crippen molar-refractivity contribution in [2.45, 2.75) is 25.3 Å². The van der Waals surface area contributed by atoms with Gasteiger partial charge in [-0.1, -0.05) is 0 Å². The summed E-state index contributed by atoms with van der Waals surface area (Å²) in [5.41, 5.74) is 5.52. The van der Waals surface area contributed by atoms with E-state index in [0.717, 1.165) is 6.26 Å². The molecule has 16 heavy (non-hydrogen) atoms. The smallest absolute Gasteiger partial charge is 0.236 e. The molecule has 1 unspecified atom stereocenters. The second kappa shape index (κ2) is 7.25. The molecule has 3 N–H and O–H groups in total. The zero-order valence-corrected chi connectivity index (χ0v) is 10.2. The van der Waals surface area contributed by atoms with E-state index in [-0.39, 0.29) is 18.1 Å². The Kier molecular flexibility index (Phi) is 6.77. The van der Waals surface area contributed by atoms with Crippen LogP contribution in [0.15, 0.2) is 0 Å². The normalized spacial score (nSPS) is 12.8. The van der Waals surface area contributed by atoms with Gasteiger partial charge in [0.15, 0.2) is 0 Å². The number of amides is 1. The lowest BCUT2D eigenvalue weighted by Crippen LogP contribution is -2.41. The van der Waals surface area contributed by atoms with Crippen molar-refractivity contribution in [2.24, 2.45) is 5.73 Å². The van der Waals surface area contributed by atoms with E-state index in [4.69, 9.17) is 12.2 Å². The third kappa shape index (κ3) is 8.26. The molecule has 0 aromatic rings. The number of hydrogen-bond acceptors (Lipinski definition) is 4. The minimum Gasteiger partial charge on any atom is -0.355 e. The Balaban J connectivity index is 3.79. The number of carbonyl (C=O) groups is 1. The predicted octanol–water partition coefficient (Wildman–Crippen LogP) is -0.722. The van der Waals surface area contributed by atoms with E-state index in [9.17, 15) is 13.2 Å². The summed E-state index contributed by atoms with van der Waals surface area (Å²) in [6, 6.07) is -0.777. The zero-order chi connectivity index (χ0) is 12.6. The molecule has 6 heteroatoms. The summed E-state index contributed by atoms with van der Waals surface area (Å²) < 4.78 is 21.7. The highest BCUT2D eigenvalue weighted by atomic mass is 32.2. The Morgan fingerprint density at radius 2 is 2.19 bits per heavy atom. The Labute approximate surface area is 96.7 Å². The van der Waals surface area contributed by atoms with Crippen molar-refractivity contribution in [3.63, 3.8) is 0 Å². The molecule has 0 aliphatic carbocycles. The van der Waals surface area contributed by atoms with Gasteiger partial charge in [-0.2, -0.15) is 0 Å². The minimum atomic E-state index is -3.07. The molecule has 0 heterocycles. The molecule has 5 nitrogen and oxygen atoms in total. The third-order valence-electron chi connectivity index (χ3n) is 1.93. The van der Waals surface area contributed by atoms with Crippen LogP contribution in [0, 0.1) is 12.3 Å². The quantitative estimate of drug-likeness (QED) is 0.458. The Bertz CT molecular complexity index is 357. The van der Waals surface area contributed by atoms with E-state index >= 15 is 0 Å². The van der Waals surface area contributed by atoms with E-state index < -0.39 is 15.9 Å². The lowest BCUT2D eigenvalue weighted by atomic mass is 10.2. The van der Waals surface area contributed by atoms with Gasteiger partial charge in [0.25, 0.3) is 0 Å². The van der Waals surface area contributed by atoms with Crippen LogP contribution in [0.1, 0.15) is 19.3 Å². The monoisotopic (exact) mass is 246 g/mol. The maximum absolute atomic E-state index is 11.3. The van der Waals surface area contributed by atoms with Crippen molar-refractivity contribution in [1.82, 2.24) is 5.32 Å². The average molecular weight is 246 g/mol. The fourth-order valence-corrected chi connectivity index (χ4v) is 1.69. The Hall–Kier alpha value is -1.06. The minimum absolute atomic E-state index is 0.0774.